The fraction of sp³-hybridized carbons (Fsp3) is 0.280. The number of hydrogen-bond donors (Lipinski definition) is 1. The van der Waals surface area contributed by atoms with E-state index >= 15 is 0 Å². The van der Waals surface area contributed by atoms with Gasteiger partial charge in [-0.15, -0.1) is 0 Å². The largest absolute Gasteiger partial charge is 0.306 e. The first-order valence-corrected chi connectivity index (χ1v) is 9.92. The second kappa shape index (κ2) is 8.08. The van der Waals surface area contributed by atoms with Crippen LogP contribution in [0.3, 0.4) is 0 Å². The molecular weight excluding hydrogens is 328 g/mol. The Balaban J connectivity index is 1.86. The van der Waals surface area contributed by atoms with Crippen LogP contribution in [0.25, 0.3) is 0 Å². The van der Waals surface area contributed by atoms with Crippen LogP contribution in [0.15, 0.2) is 91.0 Å². The first kappa shape index (κ1) is 18.0. The molecule has 0 aromatic heterocycles. The molecule has 0 amide bonds. The Kier molecular flexibility index (Phi) is 5.38. The number of benzene rings is 3. The number of nitrogens with zero attached hydrogens (tertiary/aromatic N) is 1. The molecule has 0 radical (unpaired) electrons. The van der Waals surface area contributed by atoms with Gasteiger partial charge in [-0.05, 0) is 49.7 Å². The minimum absolute atomic E-state index is 0.343. The van der Waals surface area contributed by atoms with Gasteiger partial charge in [0.2, 0.25) is 0 Å². The fourth-order valence-electron chi connectivity index (χ4n) is 4.27. The smallest absolute Gasteiger partial charge is 0.0950 e. The van der Waals surface area contributed by atoms with Crippen LogP contribution in [-0.2, 0) is 5.54 Å². The molecule has 138 valence electrons. The van der Waals surface area contributed by atoms with Crippen molar-refractivity contribution >= 4 is 0 Å². The summed E-state index contributed by atoms with van der Waals surface area (Å²) in [6.07, 6.45) is 2.34. The summed E-state index contributed by atoms with van der Waals surface area (Å²) >= 11 is 0. The van der Waals surface area contributed by atoms with Gasteiger partial charge < -0.3 is 4.90 Å². The molecule has 0 aliphatic carbocycles. The SMILES string of the molecule is CN1CCC(NC(c2ccccc2)(c2ccccc2)c2ccccc2)CC1. The molecule has 3 aromatic carbocycles. The van der Waals surface area contributed by atoms with Crippen molar-refractivity contribution in [3.63, 3.8) is 0 Å². The molecule has 0 bridgehead atoms. The standard InChI is InChI=1S/C25H28N2/c1-27-19-17-24(18-20-27)26-25(21-11-5-2-6-12-21,22-13-7-3-8-14-22)23-15-9-4-10-16-23/h2-16,24,26H,17-20H2,1H3. The maximum absolute atomic E-state index is 4.11. The van der Waals surface area contributed by atoms with E-state index in [2.05, 4.69) is 108 Å². The fourth-order valence-corrected chi connectivity index (χ4v) is 4.27. The lowest BCUT2D eigenvalue weighted by atomic mass is 9.76. The summed E-state index contributed by atoms with van der Waals surface area (Å²) in [5.41, 5.74) is 3.54. The van der Waals surface area contributed by atoms with Crippen LogP contribution < -0.4 is 5.32 Å². The van der Waals surface area contributed by atoms with Gasteiger partial charge in [0.05, 0.1) is 5.54 Å². The van der Waals surface area contributed by atoms with E-state index in [-0.39, 0.29) is 5.54 Å². The van der Waals surface area contributed by atoms with Crippen molar-refractivity contribution < 1.29 is 0 Å². The van der Waals surface area contributed by atoms with Gasteiger partial charge in [-0.25, -0.2) is 0 Å². The van der Waals surface area contributed by atoms with E-state index < -0.39 is 0 Å². The Morgan fingerprint density at radius 1 is 0.667 bits per heavy atom. The Hall–Kier alpha value is -2.42. The number of rotatable bonds is 5. The number of nitrogens with one attached hydrogen (secondary N) is 1. The topological polar surface area (TPSA) is 15.3 Å². The van der Waals surface area contributed by atoms with Crippen molar-refractivity contribution in [2.75, 3.05) is 20.1 Å². The molecular formula is C25H28N2. The van der Waals surface area contributed by atoms with Crippen LogP contribution in [-0.4, -0.2) is 31.1 Å². The quantitative estimate of drug-likeness (QED) is 0.669. The van der Waals surface area contributed by atoms with Crippen molar-refractivity contribution in [3.05, 3.63) is 108 Å². The minimum Gasteiger partial charge on any atom is -0.306 e. The van der Waals surface area contributed by atoms with Crippen LogP contribution in [0.2, 0.25) is 0 Å². The molecule has 1 aliphatic heterocycles. The van der Waals surface area contributed by atoms with E-state index in [4.69, 9.17) is 0 Å². The van der Waals surface area contributed by atoms with Crippen LogP contribution in [0.4, 0.5) is 0 Å². The highest BCUT2D eigenvalue weighted by Gasteiger charge is 2.38. The normalized spacial score (nSPS) is 16.3. The van der Waals surface area contributed by atoms with Gasteiger partial charge in [0.15, 0.2) is 0 Å². The Labute approximate surface area is 162 Å². The summed E-state index contributed by atoms with van der Waals surface area (Å²) in [6, 6.07) is 33.2. The van der Waals surface area contributed by atoms with Crippen LogP contribution in [0.1, 0.15) is 29.5 Å². The summed E-state index contributed by atoms with van der Waals surface area (Å²) < 4.78 is 0. The van der Waals surface area contributed by atoms with Crippen molar-refractivity contribution in [1.82, 2.24) is 10.2 Å². The van der Waals surface area contributed by atoms with Crippen LogP contribution in [0.5, 0.6) is 0 Å². The van der Waals surface area contributed by atoms with Gasteiger partial charge in [-0.2, -0.15) is 0 Å². The molecule has 1 fully saturated rings. The summed E-state index contributed by atoms with van der Waals surface area (Å²) in [5, 5.41) is 4.11. The van der Waals surface area contributed by atoms with Gasteiger partial charge >= 0.3 is 0 Å². The van der Waals surface area contributed by atoms with E-state index in [0.29, 0.717) is 6.04 Å². The second-order valence-electron chi connectivity index (χ2n) is 7.57. The lowest BCUT2D eigenvalue weighted by Gasteiger charge is -2.42. The predicted octanol–water partition coefficient (Wildman–Crippen LogP) is 4.66. The number of hydrogen-bond acceptors (Lipinski definition) is 2. The summed E-state index contributed by atoms with van der Waals surface area (Å²) in [5.74, 6) is 0. The van der Waals surface area contributed by atoms with Crippen molar-refractivity contribution in [2.24, 2.45) is 0 Å². The van der Waals surface area contributed by atoms with Crippen molar-refractivity contribution in [3.8, 4) is 0 Å². The van der Waals surface area contributed by atoms with Gasteiger partial charge in [-0.3, -0.25) is 5.32 Å². The lowest BCUT2D eigenvalue weighted by molar-refractivity contribution is 0.216. The average molecular weight is 357 g/mol. The summed E-state index contributed by atoms with van der Waals surface area (Å²) in [6.45, 7) is 2.29. The molecule has 2 heteroatoms. The number of likely N-dealkylation sites (tertiary alicyclic amines) is 1. The van der Waals surface area contributed by atoms with Gasteiger partial charge in [-0.1, -0.05) is 91.0 Å². The van der Waals surface area contributed by atoms with E-state index in [0.717, 1.165) is 13.1 Å². The van der Waals surface area contributed by atoms with E-state index in [1.165, 1.54) is 29.5 Å². The minimum atomic E-state index is -0.343. The zero-order valence-electron chi connectivity index (χ0n) is 16.0. The Bertz CT molecular complexity index is 725. The molecule has 2 nitrogen and oxygen atoms in total. The summed E-state index contributed by atoms with van der Waals surface area (Å²) in [7, 11) is 2.22. The molecule has 1 N–H and O–H groups in total. The molecule has 27 heavy (non-hydrogen) atoms. The first-order chi connectivity index (χ1) is 13.3. The highest BCUT2D eigenvalue weighted by atomic mass is 15.1. The lowest BCUT2D eigenvalue weighted by Crippen LogP contribution is -2.52. The molecule has 0 atom stereocenters. The van der Waals surface area contributed by atoms with Crippen LogP contribution in [0, 0.1) is 0 Å². The third kappa shape index (κ3) is 3.69. The Morgan fingerprint density at radius 3 is 1.41 bits per heavy atom. The molecule has 1 aliphatic rings. The molecule has 1 saturated heterocycles. The highest BCUT2D eigenvalue weighted by Crippen LogP contribution is 2.38. The maximum atomic E-state index is 4.11. The molecule has 4 rings (SSSR count). The van der Waals surface area contributed by atoms with E-state index in [1.54, 1.807) is 0 Å². The van der Waals surface area contributed by atoms with Crippen LogP contribution >= 0.6 is 0 Å². The van der Waals surface area contributed by atoms with Crippen molar-refractivity contribution in [1.29, 1.82) is 0 Å². The van der Waals surface area contributed by atoms with Gasteiger partial charge in [0.1, 0.15) is 0 Å². The van der Waals surface area contributed by atoms with E-state index in [1.807, 2.05) is 0 Å². The zero-order chi connectivity index (χ0) is 18.5. The molecule has 0 spiro atoms. The average Bonchev–Trinajstić information content (AvgIpc) is 2.75. The Morgan fingerprint density at radius 2 is 1.04 bits per heavy atom. The third-order valence-electron chi connectivity index (χ3n) is 5.76. The third-order valence-corrected chi connectivity index (χ3v) is 5.76. The highest BCUT2D eigenvalue weighted by molar-refractivity contribution is 5.49. The van der Waals surface area contributed by atoms with Crippen molar-refractivity contribution in [2.45, 2.75) is 24.4 Å². The zero-order valence-corrected chi connectivity index (χ0v) is 16.0. The monoisotopic (exact) mass is 356 g/mol. The molecule has 1 heterocycles. The second-order valence-corrected chi connectivity index (χ2v) is 7.57. The van der Waals surface area contributed by atoms with E-state index in [9.17, 15) is 0 Å². The maximum Gasteiger partial charge on any atom is 0.0950 e. The first-order valence-electron chi connectivity index (χ1n) is 9.92. The predicted molar refractivity (Wildman–Crippen MR) is 113 cm³/mol. The molecule has 0 saturated carbocycles. The molecule has 3 aromatic rings. The number of piperidine rings is 1. The van der Waals surface area contributed by atoms with Gasteiger partial charge in [0, 0.05) is 6.04 Å². The van der Waals surface area contributed by atoms with Gasteiger partial charge in [0.25, 0.3) is 0 Å². The molecule has 0 unspecified atom stereocenters. The summed E-state index contributed by atoms with van der Waals surface area (Å²) in [4.78, 5) is 2.42.